The second-order valence-corrected chi connectivity index (χ2v) is 4.61. The molecule has 0 bridgehead atoms. The van der Waals surface area contributed by atoms with Crippen LogP contribution in [0.3, 0.4) is 0 Å². The van der Waals surface area contributed by atoms with Gasteiger partial charge >= 0.3 is 0 Å². The van der Waals surface area contributed by atoms with Crippen LogP contribution in [-0.4, -0.2) is 59.6 Å². The van der Waals surface area contributed by atoms with Crippen molar-refractivity contribution in [2.75, 3.05) is 26.7 Å². The monoisotopic (exact) mass is 212 g/mol. The molecule has 0 aromatic heterocycles. The summed E-state index contributed by atoms with van der Waals surface area (Å²) in [4.78, 5) is 15.9. The summed E-state index contributed by atoms with van der Waals surface area (Å²) >= 11 is 0. The number of carbonyl (C=O) groups excluding carboxylic acids is 1. The van der Waals surface area contributed by atoms with Crippen molar-refractivity contribution < 1.29 is 9.90 Å². The Hall–Kier alpha value is -0.610. The van der Waals surface area contributed by atoms with Gasteiger partial charge in [0.05, 0.1) is 12.6 Å². The molecule has 15 heavy (non-hydrogen) atoms. The van der Waals surface area contributed by atoms with E-state index in [0.717, 1.165) is 13.0 Å². The van der Waals surface area contributed by atoms with Gasteiger partial charge in [-0.2, -0.15) is 0 Å². The van der Waals surface area contributed by atoms with E-state index < -0.39 is 0 Å². The number of hydrogen-bond acceptors (Lipinski definition) is 3. The minimum absolute atomic E-state index is 0.0347. The van der Waals surface area contributed by atoms with Gasteiger partial charge in [0, 0.05) is 26.2 Å². The average molecular weight is 212 g/mol. The lowest BCUT2D eigenvalue weighted by atomic mass is 9.90. The number of likely N-dealkylation sites (N-methyl/N-ethyl adjacent to an activating group) is 1. The summed E-state index contributed by atoms with van der Waals surface area (Å²) in [5.74, 6) is 0.232. The molecule has 1 heterocycles. The van der Waals surface area contributed by atoms with Crippen molar-refractivity contribution in [3.8, 4) is 0 Å². The van der Waals surface area contributed by atoms with Gasteiger partial charge in [0.15, 0.2) is 0 Å². The molecule has 4 nitrogen and oxygen atoms in total. The van der Waals surface area contributed by atoms with Crippen LogP contribution in [0.1, 0.15) is 25.7 Å². The van der Waals surface area contributed by atoms with Crippen molar-refractivity contribution in [1.29, 1.82) is 0 Å². The van der Waals surface area contributed by atoms with Gasteiger partial charge in [-0.25, -0.2) is 0 Å². The van der Waals surface area contributed by atoms with Crippen LogP contribution in [0.2, 0.25) is 0 Å². The predicted molar refractivity (Wildman–Crippen MR) is 57.5 cm³/mol. The molecular weight excluding hydrogens is 192 g/mol. The lowest BCUT2D eigenvalue weighted by Crippen LogP contribution is -2.50. The van der Waals surface area contributed by atoms with E-state index >= 15 is 0 Å². The molecule has 1 aliphatic carbocycles. The predicted octanol–water partition coefficient (Wildman–Crippen LogP) is 0.0639. The molecule has 1 unspecified atom stereocenters. The first-order chi connectivity index (χ1) is 7.24. The summed E-state index contributed by atoms with van der Waals surface area (Å²) in [5.41, 5.74) is 0. The number of carbonyl (C=O) groups is 1. The summed E-state index contributed by atoms with van der Waals surface area (Å²) in [7, 11) is 1.86. The van der Waals surface area contributed by atoms with Gasteiger partial charge < -0.3 is 10.0 Å². The molecule has 1 atom stereocenters. The third kappa shape index (κ3) is 2.01. The first-order valence-corrected chi connectivity index (χ1v) is 5.85. The van der Waals surface area contributed by atoms with Gasteiger partial charge in [-0.1, -0.05) is 6.42 Å². The fourth-order valence-corrected chi connectivity index (χ4v) is 2.54. The highest BCUT2D eigenvalue weighted by atomic mass is 16.3. The van der Waals surface area contributed by atoms with Crippen LogP contribution in [0.15, 0.2) is 0 Å². The molecule has 1 saturated heterocycles. The first-order valence-electron chi connectivity index (χ1n) is 5.85. The molecule has 0 aromatic rings. The zero-order valence-corrected chi connectivity index (χ0v) is 9.35. The number of amides is 1. The van der Waals surface area contributed by atoms with Gasteiger partial charge in [0.25, 0.3) is 0 Å². The summed E-state index contributed by atoms with van der Waals surface area (Å²) in [6.45, 7) is 1.66. The van der Waals surface area contributed by atoms with Crippen LogP contribution in [0.4, 0.5) is 0 Å². The highest BCUT2D eigenvalue weighted by molar-refractivity contribution is 5.83. The number of likely N-dealkylation sites (tertiary alicyclic amines) is 1. The lowest BCUT2D eigenvalue weighted by molar-refractivity contribution is -0.132. The highest BCUT2D eigenvalue weighted by Gasteiger charge is 2.38. The van der Waals surface area contributed by atoms with Crippen LogP contribution < -0.4 is 0 Å². The van der Waals surface area contributed by atoms with Crippen molar-refractivity contribution in [2.24, 2.45) is 0 Å². The maximum atomic E-state index is 11.9. The largest absolute Gasteiger partial charge is 0.395 e. The Morgan fingerprint density at radius 3 is 2.60 bits per heavy atom. The van der Waals surface area contributed by atoms with Crippen molar-refractivity contribution in [2.45, 2.75) is 37.8 Å². The molecule has 1 aliphatic heterocycles. The maximum Gasteiger partial charge on any atom is 0.239 e. The molecule has 0 aromatic carbocycles. The molecule has 1 N–H and O–H groups in total. The quantitative estimate of drug-likeness (QED) is 0.717. The first kappa shape index (κ1) is 10.9. The fraction of sp³-hybridized carbons (Fsp3) is 0.909. The van der Waals surface area contributed by atoms with E-state index in [1.54, 1.807) is 4.90 Å². The van der Waals surface area contributed by atoms with Crippen LogP contribution in [0.25, 0.3) is 0 Å². The van der Waals surface area contributed by atoms with Crippen LogP contribution in [-0.2, 0) is 4.79 Å². The molecule has 4 heteroatoms. The van der Waals surface area contributed by atoms with E-state index in [2.05, 4.69) is 4.90 Å². The fourth-order valence-electron chi connectivity index (χ4n) is 2.54. The Kier molecular flexibility index (Phi) is 3.26. The van der Waals surface area contributed by atoms with E-state index in [1.807, 2.05) is 7.05 Å². The number of aliphatic hydroxyl groups is 1. The molecule has 2 rings (SSSR count). The van der Waals surface area contributed by atoms with Crippen molar-refractivity contribution in [3.05, 3.63) is 0 Å². The molecule has 86 valence electrons. The molecular formula is C11H20N2O2. The van der Waals surface area contributed by atoms with E-state index in [4.69, 9.17) is 5.11 Å². The third-order valence-corrected chi connectivity index (χ3v) is 3.70. The van der Waals surface area contributed by atoms with Gasteiger partial charge in [-0.15, -0.1) is 0 Å². The Morgan fingerprint density at radius 1 is 1.47 bits per heavy atom. The topological polar surface area (TPSA) is 43.8 Å². The van der Waals surface area contributed by atoms with Crippen molar-refractivity contribution >= 4 is 5.91 Å². The van der Waals surface area contributed by atoms with Crippen LogP contribution in [0.5, 0.6) is 0 Å². The molecule has 1 saturated carbocycles. The summed E-state index contributed by atoms with van der Waals surface area (Å²) in [5, 5.41) is 9.05. The lowest BCUT2D eigenvalue weighted by Gasteiger charge is -2.40. The smallest absolute Gasteiger partial charge is 0.239 e. The number of hydrogen-bond donors (Lipinski definition) is 1. The van der Waals surface area contributed by atoms with Crippen molar-refractivity contribution in [1.82, 2.24) is 9.80 Å². The van der Waals surface area contributed by atoms with Crippen LogP contribution in [0, 0.1) is 0 Å². The SMILES string of the molecule is CN1CCC(N(CCO)C2CCC2)C1=O. The summed E-state index contributed by atoms with van der Waals surface area (Å²) < 4.78 is 0. The third-order valence-electron chi connectivity index (χ3n) is 3.70. The average Bonchev–Trinajstić information content (AvgIpc) is 2.44. The number of nitrogens with zero attached hydrogens (tertiary/aromatic N) is 2. The summed E-state index contributed by atoms with van der Waals surface area (Å²) in [6.07, 6.45) is 4.57. The second kappa shape index (κ2) is 4.49. The Balaban J connectivity index is 2.00. The standard InChI is InChI=1S/C11H20N2O2/c1-12-6-5-10(11(12)15)13(7-8-14)9-3-2-4-9/h9-10,14H,2-8H2,1H3. The number of aliphatic hydroxyl groups excluding tert-OH is 1. The van der Waals surface area contributed by atoms with E-state index in [1.165, 1.54) is 19.3 Å². The zero-order valence-electron chi connectivity index (χ0n) is 9.35. The van der Waals surface area contributed by atoms with Gasteiger partial charge in [0.2, 0.25) is 5.91 Å². The van der Waals surface area contributed by atoms with Crippen molar-refractivity contribution in [3.63, 3.8) is 0 Å². The minimum atomic E-state index is 0.0347. The maximum absolute atomic E-state index is 11.9. The second-order valence-electron chi connectivity index (χ2n) is 4.61. The van der Waals surface area contributed by atoms with E-state index in [0.29, 0.717) is 12.6 Å². The Morgan fingerprint density at radius 2 is 2.20 bits per heavy atom. The van der Waals surface area contributed by atoms with Crippen LogP contribution >= 0.6 is 0 Å². The van der Waals surface area contributed by atoms with Gasteiger partial charge in [-0.05, 0) is 19.3 Å². The molecule has 2 aliphatic rings. The molecule has 0 spiro atoms. The van der Waals surface area contributed by atoms with Gasteiger partial charge in [0.1, 0.15) is 0 Å². The number of rotatable bonds is 4. The minimum Gasteiger partial charge on any atom is -0.395 e. The summed E-state index contributed by atoms with van der Waals surface area (Å²) in [6, 6.07) is 0.574. The highest BCUT2D eigenvalue weighted by Crippen LogP contribution is 2.29. The molecule has 0 radical (unpaired) electrons. The van der Waals surface area contributed by atoms with Gasteiger partial charge in [-0.3, -0.25) is 9.69 Å². The Bertz CT molecular complexity index is 241. The Labute approximate surface area is 90.9 Å². The van der Waals surface area contributed by atoms with E-state index in [-0.39, 0.29) is 18.6 Å². The molecule has 1 amide bonds. The normalized spacial score (nSPS) is 27.5. The zero-order chi connectivity index (χ0) is 10.8. The molecule has 2 fully saturated rings. The van der Waals surface area contributed by atoms with E-state index in [9.17, 15) is 4.79 Å².